The third-order valence-electron chi connectivity index (χ3n) is 1.97. The van der Waals surface area contributed by atoms with Crippen molar-refractivity contribution in [2.45, 2.75) is 37.6 Å². The van der Waals surface area contributed by atoms with Crippen molar-refractivity contribution in [3.63, 3.8) is 0 Å². The van der Waals surface area contributed by atoms with E-state index in [2.05, 4.69) is 5.10 Å². The van der Waals surface area contributed by atoms with Crippen LogP contribution in [0.15, 0.2) is 11.2 Å². The SMILES string of the molecule is CCn1cc(N)c(S(=O)(=O)C(C)C)n1. The molecule has 6 heteroatoms. The molecule has 5 nitrogen and oxygen atoms in total. The maximum absolute atomic E-state index is 11.7. The molecular formula is C8H15N3O2S. The number of aryl methyl sites for hydroxylation is 1. The Balaban J connectivity index is 3.26. The van der Waals surface area contributed by atoms with Crippen molar-refractivity contribution >= 4 is 15.5 Å². The van der Waals surface area contributed by atoms with E-state index in [0.29, 0.717) is 6.54 Å². The molecule has 0 atom stereocenters. The summed E-state index contributed by atoms with van der Waals surface area (Å²) >= 11 is 0. The molecule has 0 aliphatic rings. The first-order valence-electron chi connectivity index (χ1n) is 4.46. The lowest BCUT2D eigenvalue weighted by molar-refractivity contribution is 0.574. The highest BCUT2D eigenvalue weighted by Crippen LogP contribution is 2.20. The molecule has 0 saturated carbocycles. The molecule has 1 heterocycles. The highest BCUT2D eigenvalue weighted by molar-refractivity contribution is 7.92. The van der Waals surface area contributed by atoms with Crippen LogP contribution in [0.4, 0.5) is 5.69 Å². The van der Waals surface area contributed by atoms with E-state index >= 15 is 0 Å². The second-order valence-corrected chi connectivity index (χ2v) is 5.76. The molecule has 1 aromatic rings. The maximum atomic E-state index is 11.7. The fourth-order valence-electron chi connectivity index (χ4n) is 1.03. The van der Waals surface area contributed by atoms with Gasteiger partial charge in [-0.3, -0.25) is 4.68 Å². The minimum Gasteiger partial charge on any atom is -0.395 e. The van der Waals surface area contributed by atoms with E-state index < -0.39 is 15.1 Å². The van der Waals surface area contributed by atoms with Gasteiger partial charge in [0.05, 0.1) is 10.9 Å². The van der Waals surface area contributed by atoms with Crippen molar-refractivity contribution in [3.8, 4) is 0 Å². The van der Waals surface area contributed by atoms with Crippen molar-refractivity contribution in [1.82, 2.24) is 9.78 Å². The first kappa shape index (κ1) is 11.0. The van der Waals surface area contributed by atoms with Gasteiger partial charge in [0.25, 0.3) is 0 Å². The van der Waals surface area contributed by atoms with Crippen LogP contribution in [0.3, 0.4) is 0 Å². The Bertz CT molecular complexity index is 420. The van der Waals surface area contributed by atoms with Crippen LogP contribution < -0.4 is 5.73 Å². The lowest BCUT2D eigenvalue weighted by atomic mass is 10.6. The number of anilines is 1. The zero-order chi connectivity index (χ0) is 10.9. The largest absolute Gasteiger partial charge is 0.395 e. The second-order valence-electron chi connectivity index (χ2n) is 3.34. The van der Waals surface area contributed by atoms with Gasteiger partial charge in [-0.25, -0.2) is 8.42 Å². The molecule has 0 saturated heterocycles. The number of nitrogens with two attached hydrogens (primary N) is 1. The molecule has 2 N–H and O–H groups in total. The van der Waals surface area contributed by atoms with Crippen LogP contribution in [0.5, 0.6) is 0 Å². The van der Waals surface area contributed by atoms with E-state index in [-0.39, 0.29) is 10.7 Å². The Morgan fingerprint density at radius 1 is 1.57 bits per heavy atom. The fourth-order valence-corrected chi connectivity index (χ4v) is 2.07. The number of nitrogens with zero attached hydrogens (tertiary/aromatic N) is 2. The van der Waals surface area contributed by atoms with E-state index in [1.807, 2.05) is 6.92 Å². The van der Waals surface area contributed by atoms with Gasteiger partial charge in [-0.15, -0.1) is 0 Å². The van der Waals surface area contributed by atoms with Crippen molar-refractivity contribution in [1.29, 1.82) is 0 Å². The van der Waals surface area contributed by atoms with Crippen molar-refractivity contribution in [2.24, 2.45) is 0 Å². The second kappa shape index (κ2) is 3.61. The summed E-state index contributed by atoms with van der Waals surface area (Å²) in [5.74, 6) is 0. The molecule has 80 valence electrons. The van der Waals surface area contributed by atoms with Gasteiger partial charge in [0.15, 0.2) is 5.03 Å². The summed E-state index contributed by atoms with van der Waals surface area (Å²) in [7, 11) is -3.35. The molecule has 1 rings (SSSR count). The van der Waals surface area contributed by atoms with Gasteiger partial charge in [0.1, 0.15) is 0 Å². The van der Waals surface area contributed by atoms with Crippen LogP contribution in [0.25, 0.3) is 0 Å². The lowest BCUT2D eigenvalue weighted by Crippen LogP contribution is -2.16. The first-order valence-corrected chi connectivity index (χ1v) is 6.01. The molecule has 0 unspecified atom stereocenters. The zero-order valence-electron chi connectivity index (χ0n) is 8.56. The third kappa shape index (κ3) is 1.75. The van der Waals surface area contributed by atoms with Crippen LogP contribution >= 0.6 is 0 Å². The number of aromatic nitrogens is 2. The molecule has 0 aromatic carbocycles. The van der Waals surface area contributed by atoms with Crippen molar-refractivity contribution < 1.29 is 8.42 Å². The minimum absolute atomic E-state index is 0.00523. The maximum Gasteiger partial charge on any atom is 0.201 e. The van der Waals surface area contributed by atoms with Gasteiger partial charge < -0.3 is 5.73 Å². The Hall–Kier alpha value is -1.04. The van der Waals surface area contributed by atoms with Gasteiger partial charge >= 0.3 is 0 Å². The van der Waals surface area contributed by atoms with Crippen molar-refractivity contribution in [3.05, 3.63) is 6.20 Å². The normalized spacial score (nSPS) is 12.3. The monoisotopic (exact) mass is 217 g/mol. The predicted octanol–water partition coefficient (Wildman–Crippen LogP) is 0.667. The van der Waals surface area contributed by atoms with Crippen LogP contribution in [-0.2, 0) is 16.4 Å². The van der Waals surface area contributed by atoms with Gasteiger partial charge in [-0.2, -0.15) is 5.10 Å². The van der Waals surface area contributed by atoms with E-state index in [9.17, 15) is 8.42 Å². The average Bonchev–Trinajstić information content (AvgIpc) is 2.47. The van der Waals surface area contributed by atoms with Gasteiger partial charge in [0.2, 0.25) is 9.84 Å². The highest BCUT2D eigenvalue weighted by Gasteiger charge is 2.25. The van der Waals surface area contributed by atoms with Gasteiger partial charge in [-0.05, 0) is 20.8 Å². The fraction of sp³-hybridized carbons (Fsp3) is 0.625. The Labute approximate surface area is 83.8 Å². The molecule has 1 aromatic heterocycles. The summed E-state index contributed by atoms with van der Waals surface area (Å²) in [6.45, 7) is 5.70. The standard InChI is InChI=1S/C8H15N3O2S/c1-4-11-5-7(9)8(10-11)14(12,13)6(2)3/h5-6H,4,9H2,1-3H3. The van der Waals surface area contributed by atoms with Gasteiger partial charge in [0, 0.05) is 12.7 Å². The third-order valence-corrected chi connectivity index (χ3v) is 4.07. The molecule has 0 radical (unpaired) electrons. The van der Waals surface area contributed by atoms with Crippen molar-refractivity contribution in [2.75, 3.05) is 5.73 Å². The Morgan fingerprint density at radius 3 is 2.50 bits per heavy atom. The Morgan fingerprint density at radius 2 is 2.14 bits per heavy atom. The van der Waals surface area contributed by atoms with Gasteiger partial charge in [-0.1, -0.05) is 0 Å². The summed E-state index contributed by atoms with van der Waals surface area (Å²) < 4.78 is 25.0. The summed E-state index contributed by atoms with van der Waals surface area (Å²) in [6, 6.07) is 0. The number of sulfone groups is 1. The lowest BCUT2D eigenvalue weighted by Gasteiger charge is -2.04. The number of hydrogen-bond donors (Lipinski definition) is 1. The molecule has 0 bridgehead atoms. The van der Waals surface area contributed by atoms with E-state index in [1.165, 1.54) is 10.9 Å². The highest BCUT2D eigenvalue weighted by atomic mass is 32.2. The summed E-state index contributed by atoms with van der Waals surface area (Å²) in [6.07, 6.45) is 1.54. The number of nitrogen functional groups attached to an aromatic ring is 1. The molecular weight excluding hydrogens is 202 g/mol. The van der Waals surface area contributed by atoms with Crippen LogP contribution in [0, 0.1) is 0 Å². The summed E-state index contributed by atoms with van der Waals surface area (Å²) in [5, 5.41) is 3.42. The molecule has 0 fully saturated rings. The predicted molar refractivity (Wildman–Crippen MR) is 54.6 cm³/mol. The van der Waals surface area contributed by atoms with E-state index in [4.69, 9.17) is 5.73 Å². The smallest absolute Gasteiger partial charge is 0.201 e. The molecule has 14 heavy (non-hydrogen) atoms. The number of hydrogen-bond acceptors (Lipinski definition) is 4. The summed E-state index contributed by atoms with van der Waals surface area (Å²) in [4.78, 5) is 0. The number of rotatable bonds is 3. The van der Waals surface area contributed by atoms with E-state index in [0.717, 1.165) is 0 Å². The Kier molecular flexibility index (Phi) is 2.84. The molecule has 0 aliphatic heterocycles. The van der Waals surface area contributed by atoms with Crippen LogP contribution in [-0.4, -0.2) is 23.4 Å². The van der Waals surface area contributed by atoms with E-state index in [1.54, 1.807) is 13.8 Å². The summed E-state index contributed by atoms with van der Waals surface area (Å²) in [5.41, 5.74) is 5.80. The first-order chi connectivity index (χ1) is 6.39. The minimum atomic E-state index is -3.35. The molecule has 0 aliphatic carbocycles. The van der Waals surface area contributed by atoms with Crippen LogP contribution in [0.2, 0.25) is 0 Å². The molecule has 0 amide bonds. The quantitative estimate of drug-likeness (QED) is 0.807. The average molecular weight is 217 g/mol. The zero-order valence-corrected chi connectivity index (χ0v) is 9.37. The van der Waals surface area contributed by atoms with Crippen LogP contribution in [0.1, 0.15) is 20.8 Å². The molecule has 0 spiro atoms. The topological polar surface area (TPSA) is 78.0 Å².